The third-order valence-electron chi connectivity index (χ3n) is 6.78. The lowest BCUT2D eigenvalue weighted by Gasteiger charge is -2.33. The van der Waals surface area contributed by atoms with E-state index in [9.17, 15) is 19.2 Å². The van der Waals surface area contributed by atoms with Gasteiger partial charge in [0, 0.05) is 19.8 Å². The summed E-state index contributed by atoms with van der Waals surface area (Å²) in [7, 11) is 1.19. The number of rotatable bonds is 10. The number of esters is 3. The van der Waals surface area contributed by atoms with E-state index in [-0.39, 0.29) is 19.1 Å². The molecule has 11 heteroatoms. The van der Waals surface area contributed by atoms with E-state index >= 15 is 0 Å². The molecule has 1 heterocycles. The number of hydrogen-bond acceptors (Lipinski definition) is 10. The van der Waals surface area contributed by atoms with Crippen molar-refractivity contribution in [2.45, 2.75) is 57.3 Å². The van der Waals surface area contributed by atoms with Gasteiger partial charge in [0.2, 0.25) is 0 Å². The van der Waals surface area contributed by atoms with Gasteiger partial charge < -0.3 is 33.7 Å². The molecule has 0 unspecified atom stereocenters. The molecular formula is C30H33NO10. The number of hydrogen-bond donors (Lipinski definition) is 1. The largest absolute Gasteiger partial charge is 0.467 e. The molecule has 1 amide bonds. The molecule has 0 saturated heterocycles. The van der Waals surface area contributed by atoms with Gasteiger partial charge in [-0.2, -0.15) is 0 Å². The molecule has 0 aromatic heterocycles. The molecule has 0 bridgehead atoms. The van der Waals surface area contributed by atoms with E-state index < -0.39 is 54.6 Å². The van der Waals surface area contributed by atoms with Crippen molar-refractivity contribution in [2.24, 2.45) is 0 Å². The Morgan fingerprint density at radius 3 is 2.10 bits per heavy atom. The first kappa shape index (κ1) is 29.8. The van der Waals surface area contributed by atoms with Gasteiger partial charge in [-0.05, 0) is 41.3 Å². The number of amides is 1. The van der Waals surface area contributed by atoms with Crippen LogP contribution in [0.3, 0.4) is 0 Å². The van der Waals surface area contributed by atoms with Crippen LogP contribution >= 0.6 is 0 Å². The third-order valence-corrected chi connectivity index (χ3v) is 6.78. The lowest BCUT2D eigenvalue weighted by atomic mass is 9.98. The fraction of sp³-hybridized carbons (Fsp3) is 0.400. The van der Waals surface area contributed by atoms with Gasteiger partial charge in [-0.15, -0.1) is 0 Å². The summed E-state index contributed by atoms with van der Waals surface area (Å²) in [5, 5.41) is 2.54. The molecule has 11 nitrogen and oxygen atoms in total. The summed E-state index contributed by atoms with van der Waals surface area (Å²) in [6, 6.07) is 14.7. The SMILES string of the molecule is COC(=O)[C@@H](NC(=O)OCC1c2ccccc2-c2ccccc21)[C@@H](C)O[C@@H]1C=C[C@H](OC(C)=O)[C@@H](COC(C)=O)O1. The molecule has 0 spiro atoms. The highest BCUT2D eigenvalue weighted by molar-refractivity contribution is 5.82. The van der Waals surface area contributed by atoms with E-state index in [0.29, 0.717) is 0 Å². The van der Waals surface area contributed by atoms with Crippen molar-refractivity contribution in [3.05, 3.63) is 71.8 Å². The van der Waals surface area contributed by atoms with Gasteiger partial charge in [0.1, 0.15) is 25.4 Å². The van der Waals surface area contributed by atoms with Gasteiger partial charge in [-0.3, -0.25) is 9.59 Å². The van der Waals surface area contributed by atoms with Gasteiger partial charge in [-0.1, -0.05) is 48.5 Å². The minimum atomic E-state index is -1.23. The third kappa shape index (κ3) is 7.30. The molecule has 41 heavy (non-hydrogen) atoms. The van der Waals surface area contributed by atoms with Crippen LogP contribution in [0.4, 0.5) is 4.79 Å². The number of alkyl carbamates (subject to hydrolysis) is 1. The van der Waals surface area contributed by atoms with Gasteiger partial charge in [0.05, 0.1) is 13.2 Å². The Labute approximate surface area is 237 Å². The van der Waals surface area contributed by atoms with Crippen molar-refractivity contribution in [1.29, 1.82) is 0 Å². The average Bonchev–Trinajstić information content (AvgIpc) is 3.27. The summed E-state index contributed by atoms with van der Waals surface area (Å²) in [5.41, 5.74) is 4.30. The monoisotopic (exact) mass is 567 g/mol. The summed E-state index contributed by atoms with van der Waals surface area (Å²) in [4.78, 5) is 48.2. The maximum absolute atomic E-state index is 12.9. The number of ether oxygens (including phenoxy) is 6. The van der Waals surface area contributed by atoms with Crippen LogP contribution in [0.15, 0.2) is 60.7 Å². The summed E-state index contributed by atoms with van der Waals surface area (Å²) in [6.07, 6.45) is -1.38. The summed E-state index contributed by atoms with van der Waals surface area (Å²) >= 11 is 0. The van der Waals surface area contributed by atoms with Gasteiger partial charge in [0.15, 0.2) is 12.3 Å². The van der Waals surface area contributed by atoms with Crippen LogP contribution < -0.4 is 5.32 Å². The average molecular weight is 568 g/mol. The minimum Gasteiger partial charge on any atom is -0.467 e. The van der Waals surface area contributed by atoms with Gasteiger partial charge in [0.25, 0.3) is 0 Å². The van der Waals surface area contributed by atoms with Crippen LogP contribution in [0, 0.1) is 0 Å². The summed E-state index contributed by atoms with van der Waals surface area (Å²) in [6.45, 7) is 3.92. The van der Waals surface area contributed by atoms with E-state index in [0.717, 1.165) is 22.3 Å². The number of carbonyl (C=O) groups excluding carboxylic acids is 4. The summed E-state index contributed by atoms with van der Waals surface area (Å²) < 4.78 is 32.4. The molecule has 4 rings (SSSR count). The fourth-order valence-corrected chi connectivity index (χ4v) is 4.89. The molecular weight excluding hydrogens is 534 g/mol. The van der Waals surface area contributed by atoms with Crippen LogP contribution in [0.25, 0.3) is 11.1 Å². The first-order valence-corrected chi connectivity index (χ1v) is 13.2. The zero-order chi connectivity index (χ0) is 29.5. The molecule has 1 aliphatic heterocycles. The second-order valence-corrected chi connectivity index (χ2v) is 9.62. The van der Waals surface area contributed by atoms with Crippen LogP contribution in [0.1, 0.15) is 37.8 Å². The van der Waals surface area contributed by atoms with Crippen molar-refractivity contribution in [1.82, 2.24) is 5.32 Å². The highest BCUT2D eigenvalue weighted by Gasteiger charge is 2.36. The zero-order valence-electron chi connectivity index (χ0n) is 23.2. The molecule has 218 valence electrons. The Morgan fingerprint density at radius 2 is 1.51 bits per heavy atom. The zero-order valence-corrected chi connectivity index (χ0v) is 23.2. The Kier molecular flexibility index (Phi) is 9.74. The topological polar surface area (TPSA) is 136 Å². The minimum absolute atomic E-state index is 0.0623. The fourth-order valence-electron chi connectivity index (χ4n) is 4.89. The molecule has 1 aliphatic carbocycles. The number of nitrogens with one attached hydrogen (secondary N) is 1. The van der Waals surface area contributed by atoms with Crippen molar-refractivity contribution in [2.75, 3.05) is 20.3 Å². The molecule has 0 fully saturated rings. The molecule has 1 N–H and O–H groups in total. The maximum atomic E-state index is 12.9. The number of methoxy groups -OCH3 is 1. The van der Waals surface area contributed by atoms with Gasteiger partial charge >= 0.3 is 24.0 Å². The van der Waals surface area contributed by atoms with Crippen LogP contribution in [-0.2, 0) is 42.8 Å². The van der Waals surface area contributed by atoms with Crippen molar-refractivity contribution in [3.8, 4) is 11.1 Å². The Balaban J connectivity index is 1.39. The smallest absolute Gasteiger partial charge is 0.407 e. The maximum Gasteiger partial charge on any atom is 0.407 e. The number of carbonyl (C=O) groups is 4. The highest BCUT2D eigenvalue weighted by Crippen LogP contribution is 2.44. The Bertz CT molecular complexity index is 1260. The van der Waals surface area contributed by atoms with Crippen LogP contribution in [-0.4, -0.2) is 75.0 Å². The molecule has 2 aromatic rings. The van der Waals surface area contributed by atoms with Crippen LogP contribution in [0.2, 0.25) is 0 Å². The van der Waals surface area contributed by atoms with E-state index in [2.05, 4.69) is 5.32 Å². The molecule has 2 aliphatic rings. The van der Waals surface area contributed by atoms with Crippen LogP contribution in [0.5, 0.6) is 0 Å². The highest BCUT2D eigenvalue weighted by atomic mass is 16.7. The van der Waals surface area contributed by atoms with E-state index in [4.69, 9.17) is 28.4 Å². The second-order valence-electron chi connectivity index (χ2n) is 9.62. The van der Waals surface area contributed by atoms with Crippen molar-refractivity contribution in [3.63, 3.8) is 0 Å². The lowest BCUT2D eigenvalue weighted by molar-refractivity contribution is -0.211. The molecule has 0 saturated carbocycles. The predicted molar refractivity (Wildman–Crippen MR) is 145 cm³/mol. The predicted octanol–water partition coefficient (Wildman–Crippen LogP) is 3.25. The second kappa shape index (κ2) is 13.4. The van der Waals surface area contributed by atoms with E-state index in [1.807, 2.05) is 48.5 Å². The van der Waals surface area contributed by atoms with E-state index in [1.165, 1.54) is 27.0 Å². The van der Waals surface area contributed by atoms with Crippen molar-refractivity contribution >= 4 is 24.0 Å². The van der Waals surface area contributed by atoms with Crippen molar-refractivity contribution < 1.29 is 47.6 Å². The quantitative estimate of drug-likeness (QED) is 0.259. The van der Waals surface area contributed by atoms with E-state index in [1.54, 1.807) is 13.0 Å². The standard InChI is InChI=1S/C30H33NO10/c1-17(39-27-14-13-25(40-19(3)33)26(41-27)16-37-18(2)32)28(29(34)36-4)31-30(35)38-15-24-22-11-7-5-9-20(22)21-10-6-8-12-23(21)24/h5-14,17,24-28H,15-16H2,1-4H3,(H,31,35)/t17-,25+,26-,27+,28+/m1/s1. The molecule has 0 radical (unpaired) electrons. The normalized spacial score (nSPS) is 20.6. The Morgan fingerprint density at radius 1 is 0.878 bits per heavy atom. The first-order chi connectivity index (χ1) is 19.7. The summed E-state index contributed by atoms with van der Waals surface area (Å²) in [5.74, 6) is -1.98. The molecule has 5 atom stereocenters. The van der Waals surface area contributed by atoms with Gasteiger partial charge in [-0.25, -0.2) is 9.59 Å². The lowest BCUT2D eigenvalue weighted by Crippen LogP contribution is -2.51. The Hall–Kier alpha value is -4.22. The molecule has 2 aromatic carbocycles. The number of benzene rings is 2. The first-order valence-electron chi connectivity index (χ1n) is 13.2. The number of fused-ring (bicyclic) bond motifs is 3.